The Morgan fingerprint density at radius 1 is 0.823 bits per heavy atom. The van der Waals surface area contributed by atoms with E-state index in [0.717, 1.165) is 19.6 Å². The molecule has 2 fully saturated rings. The van der Waals surface area contributed by atoms with Gasteiger partial charge in [-0.05, 0) is 42.3 Å². The first kappa shape index (κ1) is 47.0. The molecular formula is C37H43F6N11O8. The Morgan fingerprint density at radius 2 is 1.40 bits per heavy atom. The third-order valence-electron chi connectivity index (χ3n) is 9.48. The van der Waals surface area contributed by atoms with Crippen LogP contribution in [-0.4, -0.2) is 146 Å². The van der Waals surface area contributed by atoms with E-state index in [4.69, 9.17) is 34.5 Å². The molecule has 19 nitrogen and oxygen atoms in total. The zero-order valence-corrected chi connectivity index (χ0v) is 32.6. The largest absolute Gasteiger partial charge is 0.490 e. The number of anilines is 2. The molecule has 2 aliphatic rings. The SMILES string of the molecule is O=C(O)C(F)(F)F.O=C(O)C(F)(F)F.OCCn1nnc([C@H]2O[C@@H](n3cnc4c(NCC(c5ccccc5)c5ccccc5)nc(NCCN5CCCCC5)nc43)[C@H](O)[C@@H]2O)n1. The number of hydrogen-bond donors (Lipinski definition) is 7. The van der Waals surface area contributed by atoms with Gasteiger partial charge in [0, 0.05) is 25.6 Å². The zero-order valence-electron chi connectivity index (χ0n) is 32.6. The minimum Gasteiger partial charge on any atom is -0.475 e. The summed E-state index contributed by atoms with van der Waals surface area (Å²) in [6.07, 6.45) is -9.69. The summed E-state index contributed by atoms with van der Waals surface area (Å²) in [7, 11) is 0. The normalized spacial score (nSPS) is 19.3. The van der Waals surface area contributed by atoms with Crippen molar-refractivity contribution in [2.45, 2.75) is 68.6 Å². The highest BCUT2D eigenvalue weighted by Gasteiger charge is 2.47. The average Bonchev–Trinajstić information content (AvgIpc) is 3.96. The average molecular weight is 884 g/mol. The summed E-state index contributed by atoms with van der Waals surface area (Å²) in [6.45, 7) is 4.22. The molecule has 7 rings (SSSR count). The number of hydrogen-bond acceptors (Lipinski definition) is 15. The second-order valence-corrected chi connectivity index (χ2v) is 13.8. The van der Waals surface area contributed by atoms with Crippen LogP contribution in [0, 0.1) is 0 Å². The highest BCUT2D eigenvalue weighted by Crippen LogP contribution is 2.39. The number of fused-ring (bicyclic) bond motifs is 1. The first-order chi connectivity index (χ1) is 29.5. The van der Waals surface area contributed by atoms with Crippen LogP contribution in [0.15, 0.2) is 67.0 Å². The monoisotopic (exact) mass is 883 g/mol. The lowest BCUT2D eigenvalue weighted by Crippen LogP contribution is -2.34. The summed E-state index contributed by atoms with van der Waals surface area (Å²) in [5, 5.41) is 64.6. The second-order valence-electron chi connectivity index (χ2n) is 13.8. The summed E-state index contributed by atoms with van der Waals surface area (Å²) >= 11 is 0. The second kappa shape index (κ2) is 21.2. The number of rotatable bonds is 13. The van der Waals surface area contributed by atoms with Gasteiger partial charge in [0.1, 0.15) is 12.2 Å². The third-order valence-corrected chi connectivity index (χ3v) is 9.48. The number of alkyl halides is 6. The third kappa shape index (κ3) is 12.5. The summed E-state index contributed by atoms with van der Waals surface area (Å²) < 4.78 is 71.2. The highest BCUT2D eigenvalue weighted by molar-refractivity contribution is 5.84. The van der Waals surface area contributed by atoms with Gasteiger partial charge in [-0.1, -0.05) is 67.1 Å². The van der Waals surface area contributed by atoms with E-state index in [2.05, 4.69) is 60.2 Å². The molecular weight excluding hydrogens is 840 g/mol. The minimum atomic E-state index is -5.08. The Kier molecular flexibility index (Phi) is 16.1. The number of tetrazole rings is 1. The van der Waals surface area contributed by atoms with Gasteiger partial charge in [-0.25, -0.2) is 14.6 Å². The van der Waals surface area contributed by atoms with E-state index in [-0.39, 0.29) is 24.9 Å². The number of aromatic nitrogens is 8. The number of carbonyl (C=O) groups is 2. The standard InChI is InChI=1S/C33H41N11O4.2C2HF3O2/c45-19-18-44-40-30(39-41-44)28-26(46)27(47)32(48-28)43-21-36-25-29(37-33(38-31(25)43)34-14-17-42-15-8-3-9-16-42)35-20-24(22-10-4-1-5-11-22)23-12-6-2-7-13-23;2*3-2(4,5)1(6)7/h1-2,4-7,10-13,21,24,26-28,32,45-47H,3,8-9,14-20H2,(H2,34,35,37,38);2*(H,6,7)/t26-,27+,28-,32+;;/m0../s1. The number of likely N-dealkylation sites (tertiary alicyclic amines) is 1. The van der Waals surface area contributed by atoms with Crippen molar-refractivity contribution in [3.8, 4) is 0 Å². The number of ether oxygens (including phenoxy) is 1. The number of carboxylic acid groups (broad SMARTS) is 2. The molecule has 0 unspecified atom stereocenters. The van der Waals surface area contributed by atoms with Crippen LogP contribution < -0.4 is 10.6 Å². The van der Waals surface area contributed by atoms with Crippen molar-refractivity contribution >= 4 is 34.9 Å². The number of imidazole rings is 1. The van der Waals surface area contributed by atoms with E-state index < -0.39 is 48.8 Å². The lowest BCUT2D eigenvalue weighted by Gasteiger charge is -2.26. The van der Waals surface area contributed by atoms with Crippen molar-refractivity contribution in [2.24, 2.45) is 0 Å². The number of aliphatic hydroxyl groups is 3. The van der Waals surface area contributed by atoms with E-state index in [1.165, 1.54) is 41.5 Å². The van der Waals surface area contributed by atoms with E-state index in [1.54, 1.807) is 4.57 Å². The molecule has 0 bridgehead atoms. The van der Waals surface area contributed by atoms with E-state index >= 15 is 0 Å². The first-order valence-electron chi connectivity index (χ1n) is 19.0. The van der Waals surface area contributed by atoms with Gasteiger partial charge < -0.3 is 45.8 Å². The van der Waals surface area contributed by atoms with Crippen LogP contribution in [0.5, 0.6) is 0 Å². The van der Waals surface area contributed by atoms with Gasteiger partial charge in [0.25, 0.3) is 0 Å². The summed E-state index contributed by atoms with van der Waals surface area (Å²) in [5.41, 5.74) is 3.26. The molecule has 7 N–H and O–H groups in total. The predicted octanol–water partition coefficient (Wildman–Crippen LogP) is 3.21. The highest BCUT2D eigenvalue weighted by atomic mass is 19.4. The number of benzene rings is 2. The molecule has 0 spiro atoms. The summed E-state index contributed by atoms with van der Waals surface area (Å²) in [4.78, 5) is 35.8. The quantitative estimate of drug-likeness (QED) is 0.0838. The van der Waals surface area contributed by atoms with Crippen LogP contribution in [0.25, 0.3) is 11.2 Å². The molecule has 0 radical (unpaired) electrons. The molecule has 5 heterocycles. The van der Waals surface area contributed by atoms with Crippen LogP contribution in [0.4, 0.5) is 38.1 Å². The molecule has 4 atom stereocenters. The van der Waals surface area contributed by atoms with Crippen molar-refractivity contribution in [3.05, 3.63) is 83.9 Å². The topological polar surface area (TPSA) is 259 Å². The van der Waals surface area contributed by atoms with Gasteiger partial charge in [0.15, 0.2) is 29.3 Å². The van der Waals surface area contributed by atoms with Gasteiger partial charge in [0.05, 0.1) is 19.5 Å². The minimum absolute atomic E-state index is 0.0395. The number of aliphatic carboxylic acids is 2. The molecule has 0 saturated carbocycles. The van der Waals surface area contributed by atoms with Gasteiger partial charge in [-0.3, -0.25) is 4.57 Å². The van der Waals surface area contributed by atoms with Crippen LogP contribution in [0.1, 0.15) is 54.5 Å². The van der Waals surface area contributed by atoms with Crippen molar-refractivity contribution in [2.75, 3.05) is 50.0 Å². The molecule has 25 heteroatoms. The molecule has 0 aliphatic carbocycles. The van der Waals surface area contributed by atoms with E-state index in [0.29, 0.717) is 36.0 Å². The van der Waals surface area contributed by atoms with Crippen molar-refractivity contribution in [3.63, 3.8) is 0 Å². The molecule has 5 aromatic rings. The van der Waals surface area contributed by atoms with Crippen LogP contribution in [0.2, 0.25) is 0 Å². The molecule has 336 valence electrons. The fourth-order valence-corrected chi connectivity index (χ4v) is 6.47. The fraction of sp³-hybridized carbons (Fsp3) is 0.459. The smallest absolute Gasteiger partial charge is 0.475 e. The van der Waals surface area contributed by atoms with Crippen LogP contribution >= 0.6 is 0 Å². The number of carboxylic acids is 2. The van der Waals surface area contributed by atoms with E-state index in [1.807, 2.05) is 36.4 Å². The maximum absolute atomic E-state index is 11.2. The number of nitrogens with zero attached hydrogens (tertiary/aromatic N) is 9. The molecule has 3 aromatic heterocycles. The molecule has 2 aromatic carbocycles. The maximum Gasteiger partial charge on any atom is 0.490 e. The predicted molar refractivity (Wildman–Crippen MR) is 204 cm³/mol. The van der Waals surface area contributed by atoms with Crippen molar-refractivity contribution < 1.29 is 66.2 Å². The zero-order chi connectivity index (χ0) is 45.0. The Morgan fingerprint density at radius 3 is 1.95 bits per heavy atom. The van der Waals surface area contributed by atoms with Gasteiger partial charge >= 0.3 is 24.3 Å². The number of piperidine rings is 1. The summed E-state index contributed by atoms with van der Waals surface area (Å²) in [6, 6.07) is 20.7. The molecule has 0 amide bonds. The Bertz CT molecular complexity index is 2130. The lowest BCUT2D eigenvalue weighted by molar-refractivity contribution is -0.193. The first-order valence-corrected chi connectivity index (χ1v) is 19.0. The van der Waals surface area contributed by atoms with Crippen LogP contribution in [0.3, 0.4) is 0 Å². The molecule has 62 heavy (non-hydrogen) atoms. The summed E-state index contributed by atoms with van der Waals surface area (Å²) in [5.74, 6) is -4.42. The molecule has 2 saturated heterocycles. The lowest BCUT2D eigenvalue weighted by atomic mass is 9.91. The number of nitrogens with one attached hydrogen (secondary N) is 2. The Labute approximate surface area is 348 Å². The van der Waals surface area contributed by atoms with E-state index in [9.17, 15) is 41.7 Å². The molecule has 2 aliphatic heterocycles. The number of aliphatic hydroxyl groups excluding tert-OH is 3. The van der Waals surface area contributed by atoms with Gasteiger partial charge in [-0.15, -0.1) is 10.2 Å². The van der Waals surface area contributed by atoms with Crippen molar-refractivity contribution in [1.82, 2.24) is 44.6 Å². The maximum atomic E-state index is 11.2. The Balaban J connectivity index is 0.000000448. The fourth-order valence-electron chi connectivity index (χ4n) is 6.47. The van der Waals surface area contributed by atoms with Gasteiger partial charge in [-0.2, -0.15) is 41.1 Å². The Hall–Kier alpha value is -6.02. The van der Waals surface area contributed by atoms with Crippen molar-refractivity contribution in [1.29, 1.82) is 0 Å². The van der Waals surface area contributed by atoms with Gasteiger partial charge in [0.2, 0.25) is 11.8 Å². The number of halogens is 6. The van der Waals surface area contributed by atoms with Crippen LogP contribution in [-0.2, 0) is 20.9 Å².